The molecular weight excluding hydrogens is 402 g/mol. The molecule has 6 nitrogen and oxygen atoms in total. The second-order valence-electron chi connectivity index (χ2n) is 6.22. The van der Waals surface area contributed by atoms with E-state index in [9.17, 15) is 13.2 Å². The number of fused-ring (bicyclic) bond motifs is 1. The molecule has 0 fully saturated rings. The van der Waals surface area contributed by atoms with E-state index in [-0.39, 0.29) is 10.8 Å². The van der Waals surface area contributed by atoms with E-state index >= 15 is 0 Å². The fourth-order valence-electron chi connectivity index (χ4n) is 3.09. The van der Waals surface area contributed by atoms with Crippen molar-refractivity contribution in [2.45, 2.75) is 23.2 Å². The summed E-state index contributed by atoms with van der Waals surface area (Å²) in [7, 11) is -1.97. The van der Waals surface area contributed by atoms with Crippen LogP contribution in [-0.2, 0) is 34.8 Å². The van der Waals surface area contributed by atoms with Gasteiger partial charge in [-0.15, -0.1) is 22.7 Å². The van der Waals surface area contributed by atoms with Gasteiger partial charge in [-0.2, -0.15) is 9.30 Å². The molecule has 0 spiro atoms. The van der Waals surface area contributed by atoms with Crippen molar-refractivity contribution in [3.63, 3.8) is 0 Å². The Morgan fingerprint density at radius 2 is 1.89 bits per heavy atom. The predicted molar refractivity (Wildman–Crippen MR) is 105 cm³/mol. The Kier molecular flexibility index (Phi) is 4.85. The number of aryl methyl sites for hydroxylation is 1. The second kappa shape index (κ2) is 7.16. The minimum absolute atomic E-state index is 0.166. The molecule has 1 aromatic carbocycles. The van der Waals surface area contributed by atoms with Crippen LogP contribution in [0, 0.1) is 0 Å². The predicted octanol–water partition coefficient (Wildman–Crippen LogP) is 2.39. The lowest BCUT2D eigenvalue weighted by Crippen LogP contribution is -2.48. The highest BCUT2D eigenvalue weighted by molar-refractivity contribution is 7.91. The summed E-state index contributed by atoms with van der Waals surface area (Å²) in [5, 5.41) is 3.56. The van der Waals surface area contributed by atoms with Crippen molar-refractivity contribution in [3.8, 4) is 0 Å². The van der Waals surface area contributed by atoms with Crippen LogP contribution in [0.2, 0.25) is 0 Å². The van der Waals surface area contributed by atoms with Crippen molar-refractivity contribution in [2.24, 2.45) is 12.0 Å². The summed E-state index contributed by atoms with van der Waals surface area (Å²) in [5.41, 5.74) is 1.91. The molecule has 3 aromatic rings. The van der Waals surface area contributed by atoms with Crippen molar-refractivity contribution in [2.75, 3.05) is 0 Å². The van der Waals surface area contributed by atoms with Crippen molar-refractivity contribution >= 4 is 38.6 Å². The highest BCUT2D eigenvalue weighted by Gasteiger charge is 2.40. The Balaban J connectivity index is 1.79. The monoisotopic (exact) mass is 419 g/mol. The van der Waals surface area contributed by atoms with E-state index in [1.54, 1.807) is 29.1 Å². The Morgan fingerprint density at radius 3 is 2.56 bits per heavy atom. The summed E-state index contributed by atoms with van der Waals surface area (Å²) in [5.74, 6) is -0.442. The van der Waals surface area contributed by atoms with Crippen LogP contribution in [0.3, 0.4) is 0 Å². The van der Waals surface area contributed by atoms with Crippen LogP contribution in [0.25, 0.3) is 0 Å². The fraction of sp³-hybridized carbons (Fsp3) is 0.222. The summed E-state index contributed by atoms with van der Waals surface area (Å²) in [4.78, 5) is 17.7. The topological polar surface area (TPSA) is 71.7 Å². The van der Waals surface area contributed by atoms with E-state index in [4.69, 9.17) is 0 Å². The third kappa shape index (κ3) is 3.43. The van der Waals surface area contributed by atoms with Gasteiger partial charge in [0, 0.05) is 25.2 Å². The Morgan fingerprint density at radius 1 is 1.11 bits per heavy atom. The van der Waals surface area contributed by atoms with Crippen LogP contribution in [0.15, 0.2) is 62.6 Å². The van der Waals surface area contributed by atoms with Gasteiger partial charge >= 0.3 is 0 Å². The number of hydrogen-bond acceptors (Lipinski definition) is 5. The standard InChI is InChI=1S/C18H17N3O3S3/c1-20-8-10-26-18(20)19-17(22)15-11-13-5-2-3-6-14(13)12-21(15)27(23,24)16-7-4-9-25-16/h2-10,15H,11-12H2,1H3. The van der Waals surface area contributed by atoms with E-state index in [1.807, 2.05) is 35.8 Å². The van der Waals surface area contributed by atoms with E-state index in [1.165, 1.54) is 15.6 Å². The molecule has 1 aliphatic heterocycles. The first-order chi connectivity index (χ1) is 13.0. The number of nitrogens with zero attached hydrogens (tertiary/aromatic N) is 3. The first-order valence-electron chi connectivity index (χ1n) is 8.27. The molecule has 0 saturated heterocycles. The molecule has 0 aliphatic carbocycles. The van der Waals surface area contributed by atoms with Gasteiger partial charge in [-0.3, -0.25) is 4.79 Å². The summed E-state index contributed by atoms with van der Waals surface area (Å²) < 4.78 is 29.6. The number of thiazole rings is 1. The molecule has 27 heavy (non-hydrogen) atoms. The molecule has 1 aliphatic rings. The maximum atomic E-state index is 13.2. The molecular formula is C18H17N3O3S3. The van der Waals surface area contributed by atoms with Gasteiger partial charge in [-0.05, 0) is 29.0 Å². The number of carbonyl (C=O) groups is 1. The number of benzene rings is 1. The maximum Gasteiger partial charge on any atom is 0.267 e. The molecule has 1 unspecified atom stereocenters. The molecule has 2 aromatic heterocycles. The molecule has 0 bridgehead atoms. The minimum atomic E-state index is -3.78. The van der Waals surface area contributed by atoms with Crippen LogP contribution in [0.5, 0.6) is 0 Å². The number of thiophene rings is 1. The summed E-state index contributed by atoms with van der Waals surface area (Å²) >= 11 is 2.50. The Bertz CT molecular complexity index is 1140. The highest BCUT2D eigenvalue weighted by Crippen LogP contribution is 2.31. The first-order valence-corrected chi connectivity index (χ1v) is 11.5. The summed E-state index contributed by atoms with van der Waals surface area (Å²) in [6.07, 6.45) is 2.13. The zero-order valence-corrected chi connectivity index (χ0v) is 16.9. The van der Waals surface area contributed by atoms with Crippen LogP contribution in [-0.4, -0.2) is 29.2 Å². The van der Waals surface area contributed by atoms with Gasteiger partial charge in [0.05, 0.1) is 0 Å². The number of amides is 1. The van der Waals surface area contributed by atoms with Crippen LogP contribution >= 0.6 is 22.7 Å². The second-order valence-corrected chi connectivity index (χ2v) is 10.2. The van der Waals surface area contributed by atoms with E-state index in [0.717, 1.165) is 22.5 Å². The quantitative estimate of drug-likeness (QED) is 0.654. The highest BCUT2D eigenvalue weighted by atomic mass is 32.2. The van der Waals surface area contributed by atoms with Gasteiger partial charge in [0.15, 0.2) is 4.80 Å². The Labute approximate surface area is 165 Å². The van der Waals surface area contributed by atoms with Gasteiger partial charge in [-0.25, -0.2) is 8.42 Å². The molecule has 0 N–H and O–H groups in total. The largest absolute Gasteiger partial charge is 0.327 e. The molecule has 0 radical (unpaired) electrons. The molecule has 1 atom stereocenters. The lowest BCUT2D eigenvalue weighted by molar-refractivity contribution is -0.122. The number of aromatic nitrogens is 1. The number of sulfonamides is 1. The number of hydrogen-bond donors (Lipinski definition) is 0. The van der Waals surface area contributed by atoms with E-state index in [2.05, 4.69) is 4.99 Å². The molecule has 9 heteroatoms. The van der Waals surface area contributed by atoms with Crippen LogP contribution < -0.4 is 4.80 Å². The van der Waals surface area contributed by atoms with Crippen molar-refractivity contribution in [1.82, 2.24) is 8.87 Å². The van der Waals surface area contributed by atoms with Crippen LogP contribution in [0.1, 0.15) is 11.1 Å². The van der Waals surface area contributed by atoms with Crippen LogP contribution in [0.4, 0.5) is 0 Å². The minimum Gasteiger partial charge on any atom is -0.327 e. The lowest BCUT2D eigenvalue weighted by Gasteiger charge is -2.33. The number of rotatable bonds is 3. The third-order valence-electron chi connectivity index (χ3n) is 4.51. The van der Waals surface area contributed by atoms with Gasteiger partial charge in [0.2, 0.25) is 0 Å². The van der Waals surface area contributed by atoms with Crippen molar-refractivity contribution in [1.29, 1.82) is 0 Å². The zero-order valence-electron chi connectivity index (χ0n) is 14.5. The smallest absolute Gasteiger partial charge is 0.267 e. The van der Waals surface area contributed by atoms with Gasteiger partial charge < -0.3 is 4.57 Å². The zero-order chi connectivity index (χ0) is 19.0. The maximum absolute atomic E-state index is 13.2. The molecule has 1 amide bonds. The summed E-state index contributed by atoms with van der Waals surface area (Å²) in [6.45, 7) is 0.166. The number of carbonyl (C=O) groups excluding carboxylic acids is 1. The fourth-order valence-corrected chi connectivity index (χ4v) is 6.51. The lowest BCUT2D eigenvalue weighted by atomic mass is 9.95. The van der Waals surface area contributed by atoms with Crippen molar-refractivity contribution in [3.05, 3.63) is 69.3 Å². The normalized spacial score (nSPS) is 18.4. The van der Waals surface area contributed by atoms with Crippen molar-refractivity contribution < 1.29 is 13.2 Å². The average molecular weight is 420 g/mol. The third-order valence-corrected chi connectivity index (χ3v) is 8.59. The first kappa shape index (κ1) is 18.3. The summed E-state index contributed by atoms with van der Waals surface area (Å²) in [6, 6.07) is 10.0. The Hall–Kier alpha value is -2.07. The average Bonchev–Trinajstić information content (AvgIpc) is 3.33. The SMILES string of the molecule is Cn1ccsc1=NC(=O)C1Cc2ccccc2CN1S(=O)(=O)c1cccs1. The van der Waals surface area contributed by atoms with Gasteiger partial charge in [0.1, 0.15) is 10.3 Å². The van der Waals surface area contributed by atoms with Gasteiger partial charge in [-0.1, -0.05) is 30.3 Å². The molecule has 4 rings (SSSR count). The molecule has 140 valence electrons. The van der Waals surface area contributed by atoms with Gasteiger partial charge in [0.25, 0.3) is 15.9 Å². The molecule has 0 saturated carbocycles. The molecule has 3 heterocycles. The van der Waals surface area contributed by atoms with E-state index in [0.29, 0.717) is 11.2 Å². The van der Waals surface area contributed by atoms with E-state index < -0.39 is 22.0 Å².